The van der Waals surface area contributed by atoms with Gasteiger partial charge >= 0.3 is 0 Å². The number of furan rings is 1. The van der Waals surface area contributed by atoms with Crippen LogP contribution in [0, 0.1) is 0 Å². The first kappa shape index (κ1) is 18.5. The Morgan fingerprint density at radius 1 is 1.11 bits per heavy atom. The number of carbonyl (C=O) groups excluding carboxylic acids is 2. The fraction of sp³-hybridized carbons (Fsp3) is 0.333. The highest BCUT2D eigenvalue weighted by atomic mass is 16.5. The van der Waals surface area contributed by atoms with Crippen molar-refractivity contribution in [1.82, 2.24) is 14.8 Å². The molecule has 0 aliphatic carbocycles. The molecule has 3 aromatic rings. The number of rotatable bonds is 6. The molecule has 146 valence electrons. The van der Waals surface area contributed by atoms with E-state index in [-0.39, 0.29) is 24.8 Å². The summed E-state index contributed by atoms with van der Waals surface area (Å²) in [4.78, 5) is 32.4. The number of benzene rings is 1. The van der Waals surface area contributed by atoms with Gasteiger partial charge in [0.1, 0.15) is 0 Å². The molecule has 0 radical (unpaired) electrons. The quantitative estimate of drug-likeness (QED) is 0.664. The predicted octanol–water partition coefficient (Wildman–Crippen LogP) is 2.40. The van der Waals surface area contributed by atoms with Gasteiger partial charge in [0, 0.05) is 24.0 Å². The first-order valence-electron chi connectivity index (χ1n) is 9.35. The monoisotopic (exact) mass is 381 g/mol. The minimum absolute atomic E-state index is 0.0174. The fourth-order valence-corrected chi connectivity index (χ4v) is 3.56. The number of aromatic nitrogens is 1. The van der Waals surface area contributed by atoms with Crippen LogP contribution in [0.25, 0.3) is 22.4 Å². The van der Waals surface area contributed by atoms with Crippen LogP contribution in [-0.2, 0) is 9.53 Å². The molecule has 1 N–H and O–H groups in total. The molecule has 0 atom stereocenters. The lowest BCUT2D eigenvalue weighted by Crippen LogP contribution is -2.45. The van der Waals surface area contributed by atoms with Crippen molar-refractivity contribution in [3.8, 4) is 11.5 Å². The number of aromatic amines is 1. The number of morpholine rings is 1. The minimum Gasteiger partial charge on any atom is -0.463 e. The van der Waals surface area contributed by atoms with Crippen molar-refractivity contribution in [2.24, 2.45) is 0 Å². The summed E-state index contributed by atoms with van der Waals surface area (Å²) < 4.78 is 10.8. The summed E-state index contributed by atoms with van der Waals surface area (Å²) in [6.45, 7) is 2.68. The molecule has 1 aromatic carbocycles. The predicted molar refractivity (Wildman–Crippen MR) is 105 cm³/mol. The number of Topliss-reactive ketones (excluding diaryl/α,β-unsaturated/α-hetero) is 1. The number of hydrogen-bond acceptors (Lipinski definition) is 5. The molecule has 1 aliphatic rings. The van der Waals surface area contributed by atoms with E-state index in [4.69, 9.17) is 9.15 Å². The molecular weight excluding hydrogens is 358 g/mol. The van der Waals surface area contributed by atoms with Gasteiger partial charge < -0.3 is 19.0 Å². The molecule has 0 unspecified atom stereocenters. The molecule has 1 saturated heterocycles. The number of ether oxygens (including phenoxy) is 1. The Morgan fingerprint density at radius 3 is 2.64 bits per heavy atom. The average molecular weight is 381 g/mol. The Labute approximate surface area is 162 Å². The van der Waals surface area contributed by atoms with E-state index in [1.807, 2.05) is 30.3 Å². The molecule has 2 aromatic heterocycles. The van der Waals surface area contributed by atoms with E-state index < -0.39 is 0 Å². The van der Waals surface area contributed by atoms with Crippen molar-refractivity contribution in [1.29, 1.82) is 0 Å². The summed E-state index contributed by atoms with van der Waals surface area (Å²) in [6.07, 6.45) is 1.59. The van der Waals surface area contributed by atoms with Crippen LogP contribution >= 0.6 is 0 Å². The SMILES string of the molecule is CN(CC(=O)c1c(-c2ccco2)[nH]c2ccccc12)CC(=O)N1CCOCC1. The summed E-state index contributed by atoms with van der Waals surface area (Å²) >= 11 is 0. The van der Waals surface area contributed by atoms with Gasteiger partial charge in [0.15, 0.2) is 11.5 Å². The van der Waals surface area contributed by atoms with Gasteiger partial charge in [-0.25, -0.2) is 0 Å². The third-order valence-electron chi connectivity index (χ3n) is 4.93. The first-order chi connectivity index (χ1) is 13.6. The maximum atomic E-state index is 13.2. The van der Waals surface area contributed by atoms with Gasteiger partial charge in [0.2, 0.25) is 5.91 Å². The molecule has 7 heteroatoms. The number of ketones is 1. The zero-order valence-electron chi connectivity index (χ0n) is 15.8. The van der Waals surface area contributed by atoms with Crippen LogP contribution in [0.3, 0.4) is 0 Å². The summed E-state index contributed by atoms with van der Waals surface area (Å²) in [7, 11) is 1.79. The lowest BCUT2D eigenvalue weighted by atomic mass is 10.0. The zero-order chi connectivity index (χ0) is 19.5. The summed E-state index contributed by atoms with van der Waals surface area (Å²) in [5, 5.41) is 0.854. The second kappa shape index (κ2) is 8.00. The molecule has 1 amide bonds. The Kier molecular flexibility index (Phi) is 5.27. The Bertz CT molecular complexity index is 971. The van der Waals surface area contributed by atoms with Gasteiger partial charge in [-0.05, 0) is 25.2 Å². The molecule has 4 rings (SSSR count). The second-order valence-corrected chi connectivity index (χ2v) is 6.99. The maximum Gasteiger partial charge on any atom is 0.236 e. The molecule has 28 heavy (non-hydrogen) atoms. The Morgan fingerprint density at radius 2 is 1.89 bits per heavy atom. The number of likely N-dealkylation sites (N-methyl/N-ethyl adjacent to an activating group) is 1. The van der Waals surface area contributed by atoms with Crippen LogP contribution in [-0.4, -0.2) is 72.9 Å². The average Bonchev–Trinajstić information content (AvgIpc) is 3.36. The van der Waals surface area contributed by atoms with Crippen molar-refractivity contribution in [2.45, 2.75) is 0 Å². The number of carbonyl (C=O) groups is 2. The number of amides is 1. The van der Waals surface area contributed by atoms with Crippen LogP contribution in [0.5, 0.6) is 0 Å². The van der Waals surface area contributed by atoms with Crippen molar-refractivity contribution >= 4 is 22.6 Å². The highest BCUT2D eigenvalue weighted by molar-refractivity contribution is 6.13. The van der Waals surface area contributed by atoms with Crippen molar-refractivity contribution < 1.29 is 18.7 Å². The number of nitrogens with one attached hydrogen (secondary N) is 1. The van der Waals surface area contributed by atoms with Gasteiger partial charge in [-0.15, -0.1) is 0 Å². The van der Waals surface area contributed by atoms with E-state index in [1.165, 1.54) is 0 Å². The smallest absolute Gasteiger partial charge is 0.236 e. The summed E-state index contributed by atoms with van der Waals surface area (Å²) in [5.41, 5.74) is 2.14. The van der Waals surface area contributed by atoms with Crippen LogP contribution < -0.4 is 0 Å². The second-order valence-electron chi connectivity index (χ2n) is 6.99. The first-order valence-corrected chi connectivity index (χ1v) is 9.35. The number of para-hydroxylation sites is 1. The van der Waals surface area contributed by atoms with Gasteiger partial charge in [-0.2, -0.15) is 0 Å². The van der Waals surface area contributed by atoms with E-state index in [2.05, 4.69) is 4.98 Å². The molecular formula is C21H23N3O4. The van der Waals surface area contributed by atoms with Gasteiger partial charge in [-0.3, -0.25) is 14.5 Å². The molecule has 0 saturated carbocycles. The van der Waals surface area contributed by atoms with E-state index in [1.54, 1.807) is 29.2 Å². The molecule has 0 bridgehead atoms. The maximum absolute atomic E-state index is 13.2. The van der Waals surface area contributed by atoms with Crippen LogP contribution in [0.15, 0.2) is 47.1 Å². The van der Waals surface area contributed by atoms with Crippen LogP contribution in [0.2, 0.25) is 0 Å². The van der Waals surface area contributed by atoms with E-state index in [9.17, 15) is 9.59 Å². The van der Waals surface area contributed by atoms with Crippen molar-refractivity contribution in [3.05, 3.63) is 48.2 Å². The zero-order valence-corrected chi connectivity index (χ0v) is 15.8. The van der Waals surface area contributed by atoms with E-state index >= 15 is 0 Å². The topological polar surface area (TPSA) is 78.8 Å². The van der Waals surface area contributed by atoms with E-state index in [0.717, 1.165) is 10.9 Å². The summed E-state index contributed by atoms with van der Waals surface area (Å²) in [6, 6.07) is 11.3. The molecule has 1 aliphatic heterocycles. The van der Waals surface area contributed by atoms with Crippen LogP contribution in [0.4, 0.5) is 0 Å². The number of H-pyrrole nitrogens is 1. The van der Waals surface area contributed by atoms with E-state index in [0.29, 0.717) is 43.3 Å². The standard InChI is InChI=1S/C21H23N3O4/c1-23(14-19(26)24-8-11-27-12-9-24)13-17(25)20-15-5-2-3-6-16(15)22-21(20)18-7-4-10-28-18/h2-7,10,22H,8-9,11-14H2,1H3. The molecule has 1 fully saturated rings. The van der Waals surface area contributed by atoms with Crippen LogP contribution in [0.1, 0.15) is 10.4 Å². The highest BCUT2D eigenvalue weighted by Crippen LogP contribution is 2.31. The third-order valence-corrected chi connectivity index (χ3v) is 4.93. The van der Waals surface area contributed by atoms with Crippen molar-refractivity contribution in [2.75, 3.05) is 46.4 Å². The van der Waals surface area contributed by atoms with Gasteiger partial charge in [0.05, 0.1) is 43.8 Å². The van der Waals surface area contributed by atoms with Gasteiger partial charge in [-0.1, -0.05) is 18.2 Å². The molecule has 3 heterocycles. The third kappa shape index (κ3) is 3.72. The normalized spacial score (nSPS) is 14.7. The Balaban J connectivity index is 1.53. The largest absolute Gasteiger partial charge is 0.463 e. The number of nitrogens with zero attached hydrogens (tertiary/aromatic N) is 2. The fourth-order valence-electron chi connectivity index (χ4n) is 3.56. The highest BCUT2D eigenvalue weighted by Gasteiger charge is 2.24. The van der Waals surface area contributed by atoms with Crippen molar-refractivity contribution in [3.63, 3.8) is 0 Å². The lowest BCUT2D eigenvalue weighted by molar-refractivity contribution is -0.136. The molecule has 0 spiro atoms. The molecule has 7 nitrogen and oxygen atoms in total. The minimum atomic E-state index is -0.0545. The van der Waals surface area contributed by atoms with Gasteiger partial charge in [0.25, 0.3) is 0 Å². The number of hydrogen-bond donors (Lipinski definition) is 1. The Hall–Kier alpha value is -2.90. The summed E-state index contributed by atoms with van der Waals surface area (Å²) in [5.74, 6) is 0.580. The lowest BCUT2D eigenvalue weighted by Gasteiger charge is -2.28. The number of fused-ring (bicyclic) bond motifs is 1.